The molecule has 0 fully saturated rings. The summed E-state index contributed by atoms with van der Waals surface area (Å²) in [6.07, 6.45) is -0.235. The highest BCUT2D eigenvalue weighted by Gasteiger charge is 2.34. The summed E-state index contributed by atoms with van der Waals surface area (Å²) in [5, 5.41) is 0. The lowest BCUT2D eigenvalue weighted by atomic mass is 10.2. The maximum Gasteiger partial charge on any atom is 0.251 e. The smallest absolute Gasteiger partial charge is 0.251 e. The summed E-state index contributed by atoms with van der Waals surface area (Å²) < 4.78 is 0. The van der Waals surface area contributed by atoms with Gasteiger partial charge < -0.3 is 4.90 Å². The summed E-state index contributed by atoms with van der Waals surface area (Å²) in [7, 11) is 0. The molecule has 1 heterocycles. The van der Waals surface area contributed by atoms with Crippen LogP contribution in [0.15, 0.2) is 71.8 Å². The summed E-state index contributed by atoms with van der Waals surface area (Å²) in [6.45, 7) is 4.86. The first-order valence-electron chi connectivity index (χ1n) is 8.10. The fraction of sp³-hybridized carbons (Fsp3) is 0.250. The van der Waals surface area contributed by atoms with Crippen LogP contribution in [0.1, 0.15) is 25.0 Å². The minimum Gasteiger partial charge on any atom is -0.313 e. The lowest BCUT2D eigenvalue weighted by Gasteiger charge is -2.27. The molecule has 24 heavy (non-hydrogen) atoms. The maximum atomic E-state index is 12.5. The van der Waals surface area contributed by atoms with Gasteiger partial charge in [-0.05, 0) is 30.5 Å². The van der Waals surface area contributed by atoms with Crippen LogP contribution < -0.4 is 5.48 Å². The lowest BCUT2D eigenvalue weighted by Crippen LogP contribution is -2.44. The molecule has 0 bridgehead atoms. The molecule has 1 aliphatic heterocycles. The van der Waals surface area contributed by atoms with Crippen molar-refractivity contribution in [2.45, 2.75) is 33.2 Å². The van der Waals surface area contributed by atoms with E-state index in [0.29, 0.717) is 13.2 Å². The zero-order chi connectivity index (χ0) is 16.9. The van der Waals surface area contributed by atoms with Crippen LogP contribution in [0.5, 0.6) is 0 Å². The summed E-state index contributed by atoms with van der Waals surface area (Å²) >= 11 is 0. The molecule has 4 nitrogen and oxygen atoms in total. The number of benzene rings is 2. The predicted octanol–water partition coefficient (Wildman–Crippen LogP) is 3.41. The molecule has 4 heteroatoms. The van der Waals surface area contributed by atoms with Gasteiger partial charge in [-0.25, -0.2) is 0 Å². The quantitative estimate of drug-likeness (QED) is 0.829. The van der Waals surface area contributed by atoms with Crippen LogP contribution in [-0.2, 0) is 22.8 Å². The third-order valence-corrected chi connectivity index (χ3v) is 4.37. The van der Waals surface area contributed by atoms with Gasteiger partial charge in [0.05, 0.1) is 6.61 Å². The van der Waals surface area contributed by atoms with Crippen molar-refractivity contribution in [3.05, 3.63) is 82.9 Å². The topological polar surface area (TPSA) is 41.6 Å². The molecule has 3 rings (SSSR count). The molecule has 0 saturated heterocycles. The second-order valence-electron chi connectivity index (χ2n) is 6.02. The van der Waals surface area contributed by atoms with E-state index in [-0.39, 0.29) is 12.1 Å². The molecule has 0 aliphatic carbocycles. The fourth-order valence-corrected chi connectivity index (χ4v) is 2.81. The van der Waals surface area contributed by atoms with Crippen molar-refractivity contribution < 1.29 is 9.63 Å². The number of amides is 1. The molecular weight excluding hydrogens is 300 g/mol. The molecule has 0 saturated carbocycles. The summed E-state index contributed by atoms with van der Waals surface area (Å²) in [6, 6.07) is 20.0. The number of nitrogens with zero attached hydrogens (tertiary/aromatic N) is 1. The van der Waals surface area contributed by atoms with Crippen molar-refractivity contribution in [3.8, 4) is 0 Å². The van der Waals surface area contributed by atoms with Crippen molar-refractivity contribution in [2.24, 2.45) is 0 Å². The van der Waals surface area contributed by atoms with Crippen LogP contribution in [0, 0.1) is 0 Å². The standard InChI is InChI=1S/C20H22N2O2/c1-15-16(2)20(23)22(13-17-9-5-3-6-10-17)19(15)21-24-14-18-11-7-4-8-12-18/h3-12,19,21H,13-14H2,1-2H3. The molecule has 1 atom stereocenters. The Hall–Kier alpha value is -2.43. The number of rotatable bonds is 6. The third kappa shape index (κ3) is 3.55. The Morgan fingerprint density at radius 3 is 2.17 bits per heavy atom. The highest BCUT2D eigenvalue weighted by Crippen LogP contribution is 2.25. The Balaban J connectivity index is 1.67. The molecule has 1 aliphatic rings. The summed E-state index contributed by atoms with van der Waals surface area (Å²) in [5.74, 6) is 0.0529. The van der Waals surface area contributed by atoms with Crippen LogP contribution in [-0.4, -0.2) is 17.0 Å². The van der Waals surface area contributed by atoms with Gasteiger partial charge in [-0.3, -0.25) is 9.63 Å². The first-order valence-corrected chi connectivity index (χ1v) is 8.10. The Morgan fingerprint density at radius 1 is 0.958 bits per heavy atom. The number of hydroxylamine groups is 1. The summed E-state index contributed by atoms with van der Waals surface area (Å²) in [5.41, 5.74) is 7.03. The van der Waals surface area contributed by atoms with E-state index in [1.54, 1.807) is 0 Å². The van der Waals surface area contributed by atoms with Crippen LogP contribution in [0.3, 0.4) is 0 Å². The lowest BCUT2D eigenvalue weighted by molar-refractivity contribution is -0.131. The Bertz CT molecular complexity index is 726. The van der Waals surface area contributed by atoms with E-state index in [4.69, 9.17) is 4.84 Å². The normalized spacial score (nSPS) is 17.7. The van der Waals surface area contributed by atoms with Gasteiger partial charge in [-0.1, -0.05) is 60.7 Å². The molecule has 0 aromatic heterocycles. The molecule has 124 valence electrons. The third-order valence-electron chi connectivity index (χ3n) is 4.37. The molecule has 0 spiro atoms. The monoisotopic (exact) mass is 322 g/mol. The minimum absolute atomic E-state index is 0.0529. The van der Waals surface area contributed by atoms with Crippen molar-refractivity contribution >= 4 is 5.91 Å². The second kappa shape index (κ2) is 7.43. The maximum absolute atomic E-state index is 12.5. The van der Waals surface area contributed by atoms with E-state index < -0.39 is 0 Å². The zero-order valence-corrected chi connectivity index (χ0v) is 14.0. The molecule has 2 aromatic carbocycles. The van der Waals surface area contributed by atoms with Crippen LogP contribution >= 0.6 is 0 Å². The van der Waals surface area contributed by atoms with Gasteiger partial charge in [0.1, 0.15) is 6.17 Å². The van der Waals surface area contributed by atoms with Gasteiger partial charge in [0.25, 0.3) is 5.91 Å². The van der Waals surface area contributed by atoms with Gasteiger partial charge in [-0.15, -0.1) is 0 Å². The number of nitrogens with one attached hydrogen (secondary N) is 1. The van der Waals surface area contributed by atoms with Crippen molar-refractivity contribution in [1.82, 2.24) is 10.4 Å². The molecular formula is C20H22N2O2. The van der Waals surface area contributed by atoms with Gasteiger partial charge in [-0.2, -0.15) is 5.48 Å². The zero-order valence-electron chi connectivity index (χ0n) is 14.0. The average Bonchev–Trinajstić information content (AvgIpc) is 2.82. The molecule has 0 radical (unpaired) electrons. The van der Waals surface area contributed by atoms with Gasteiger partial charge >= 0.3 is 0 Å². The van der Waals surface area contributed by atoms with Crippen molar-refractivity contribution in [2.75, 3.05) is 0 Å². The minimum atomic E-state index is -0.235. The van der Waals surface area contributed by atoms with E-state index in [9.17, 15) is 4.79 Å². The predicted molar refractivity (Wildman–Crippen MR) is 93.5 cm³/mol. The Morgan fingerprint density at radius 2 is 1.54 bits per heavy atom. The molecule has 2 aromatic rings. The van der Waals surface area contributed by atoms with Crippen LogP contribution in [0.4, 0.5) is 0 Å². The number of hydrogen-bond donors (Lipinski definition) is 1. The Labute approximate surface area is 142 Å². The molecule has 1 unspecified atom stereocenters. The van der Waals surface area contributed by atoms with E-state index in [2.05, 4.69) is 5.48 Å². The Kier molecular flexibility index (Phi) is 5.08. The first-order chi connectivity index (χ1) is 11.7. The van der Waals surface area contributed by atoms with E-state index in [0.717, 1.165) is 22.3 Å². The largest absolute Gasteiger partial charge is 0.313 e. The highest BCUT2D eigenvalue weighted by atomic mass is 16.6. The fourth-order valence-electron chi connectivity index (χ4n) is 2.81. The summed E-state index contributed by atoms with van der Waals surface area (Å²) in [4.78, 5) is 20.0. The van der Waals surface area contributed by atoms with Gasteiger partial charge in [0.15, 0.2) is 0 Å². The molecule has 1 amide bonds. The van der Waals surface area contributed by atoms with Crippen LogP contribution in [0.25, 0.3) is 0 Å². The van der Waals surface area contributed by atoms with Gasteiger partial charge in [0, 0.05) is 12.1 Å². The molecule has 1 N–H and O–H groups in total. The first kappa shape index (κ1) is 16.4. The number of carbonyl (C=O) groups is 1. The number of hydrogen-bond acceptors (Lipinski definition) is 3. The van der Waals surface area contributed by atoms with E-state index in [1.807, 2.05) is 79.4 Å². The highest BCUT2D eigenvalue weighted by molar-refractivity contribution is 5.96. The van der Waals surface area contributed by atoms with Crippen molar-refractivity contribution in [1.29, 1.82) is 0 Å². The van der Waals surface area contributed by atoms with E-state index >= 15 is 0 Å². The van der Waals surface area contributed by atoms with Crippen LogP contribution in [0.2, 0.25) is 0 Å². The van der Waals surface area contributed by atoms with E-state index in [1.165, 1.54) is 0 Å². The second-order valence-corrected chi connectivity index (χ2v) is 6.02. The average molecular weight is 322 g/mol. The SMILES string of the molecule is CC1=C(C)C(NOCc2ccccc2)N(Cc2ccccc2)C1=O. The number of carbonyl (C=O) groups excluding carboxylic acids is 1. The van der Waals surface area contributed by atoms with Gasteiger partial charge in [0.2, 0.25) is 0 Å². The van der Waals surface area contributed by atoms with Crippen molar-refractivity contribution in [3.63, 3.8) is 0 Å².